The minimum atomic E-state index is 0.208. The highest BCUT2D eigenvalue weighted by Crippen LogP contribution is 2.25. The molecule has 2 aromatic heterocycles. The number of rotatable bonds is 3. The van der Waals surface area contributed by atoms with Gasteiger partial charge in [0.25, 0.3) is 0 Å². The zero-order chi connectivity index (χ0) is 12.4. The van der Waals surface area contributed by atoms with Crippen LogP contribution in [0.1, 0.15) is 18.5 Å². The van der Waals surface area contributed by atoms with Gasteiger partial charge in [0.1, 0.15) is 0 Å². The van der Waals surface area contributed by atoms with Crippen LogP contribution in [0.15, 0.2) is 48.9 Å². The van der Waals surface area contributed by atoms with Crippen molar-refractivity contribution in [1.29, 1.82) is 0 Å². The van der Waals surface area contributed by atoms with Gasteiger partial charge in [0.05, 0.1) is 17.8 Å². The van der Waals surface area contributed by atoms with Crippen LogP contribution in [-0.2, 0) is 0 Å². The summed E-state index contributed by atoms with van der Waals surface area (Å²) in [6, 6.07) is 10.3. The van der Waals surface area contributed by atoms with Crippen molar-refractivity contribution >= 4 is 16.6 Å². The van der Waals surface area contributed by atoms with Gasteiger partial charge in [-0.25, -0.2) is 0 Å². The normalized spacial score (nSPS) is 12.5. The fraction of sp³-hybridized carbons (Fsp3) is 0.143. The number of hydrogen-bond donors (Lipinski definition) is 2. The maximum absolute atomic E-state index is 4.14. The smallest absolute Gasteiger partial charge is 0.0671 e. The molecule has 0 spiro atoms. The molecule has 0 aliphatic heterocycles. The van der Waals surface area contributed by atoms with Gasteiger partial charge in [-0.1, -0.05) is 12.1 Å². The molecule has 0 aliphatic rings. The van der Waals surface area contributed by atoms with E-state index in [1.807, 2.05) is 30.6 Å². The van der Waals surface area contributed by atoms with Crippen LogP contribution in [-0.4, -0.2) is 15.2 Å². The number of benzene rings is 1. The van der Waals surface area contributed by atoms with Crippen LogP contribution >= 0.6 is 0 Å². The van der Waals surface area contributed by atoms with Gasteiger partial charge in [0, 0.05) is 23.5 Å². The topological polar surface area (TPSA) is 53.6 Å². The summed E-state index contributed by atoms with van der Waals surface area (Å²) in [5, 5.41) is 11.6. The third-order valence-corrected chi connectivity index (χ3v) is 3.04. The first-order valence-corrected chi connectivity index (χ1v) is 5.93. The Balaban J connectivity index is 1.91. The quantitative estimate of drug-likeness (QED) is 0.737. The minimum absolute atomic E-state index is 0.208. The molecule has 0 saturated heterocycles. The van der Waals surface area contributed by atoms with Gasteiger partial charge < -0.3 is 5.32 Å². The van der Waals surface area contributed by atoms with E-state index in [2.05, 4.69) is 39.6 Å². The zero-order valence-electron chi connectivity index (χ0n) is 10.1. The number of aromatic amines is 1. The molecular weight excluding hydrogens is 224 g/mol. The van der Waals surface area contributed by atoms with E-state index in [9.17, 15) is 0 Å². The summed E-state index contributed by atoms with van der Waals surface area (Å²) in [5.74, 6) is 0. The molecule has 90 valence electrons. The van der Waals surface area contributed by atoms with Gasteiger partial charge in [-0.2, -0.15) is 5.10 Å². The van der Waals surface area contributed by atoms with Crippen molar-refractivity contribution in [2.24, 2.45) is 0 Å². The molecule has 18 heavy (non-hydrogen) atoms. The van der Waals surface area contributed by atoms with Crippen LogP contribution in [0.25, 0.3) is 10.9 Å². The SMILES string of the molecule is CC(Nc1cccc2[nH]ncc12)c1cccnc1. The Labute approximate surface area is 105 Å². The Morgan fingerprint density at radius 2 is 2.11 bits per heavy atom. The van der Waals surface area contributed by atoms with Gasteiger partial charge in [-0.15, -0.1) is 0 Å². The Hall–Kier alpha value is -2.36. The van der Waals surface area contributed by atoms with Crippen molar-refractivity contribution < 1.29 is 0 Å². The molecule has 3 rings (SSSR count). The third-order valence-electron chi connectivity index (χ3n) is 3.04. The first-order chi connectivity index (χ1) is 8.84. The average Bonchev–Trinajstić information content (AvgIpc) is 2.89. The highest BCUT2D eigenvalue weighted by atomic mass is 15.1. The Bertz CT molecular complexity index is 645. The first kappa shape index (κ1) is 10.8. The summed E-state index contributed by atoms with van der Waals surface area (Å²) in [4.78, 5) is 4.14. The van der Waals surface area contributed by atoms with Gasteiger partial charge in [0.2, 0.25) is 0 Å². The fourth-order valence-electron chi connectivity index (χ4n) is 2.04. The first-order valence-electron chi connectivity index (χ1n) is 5.93. The molecule has 1 aromatic carbocycles. The van der Waals surface area contributed by atoms with E-state index in [0.717, 1.165) is 22.2 Å². The number of H-pyrrole nitrogens is 1. The van der Waals surface area contributed by atoms with Crippen LogP contribution in [0.3, 0.4) is 0 Å². The van der Waals surface area contributed by atoms with Crippen LogP contribution in [0, 0.1) is 0 Å². The number of nitrogens with one attached hydrogen (secondary N) is 2. The number of pyridine rings is 1. The molecule has 0 aliphatic carbocycles. The molecule has 0 saturated carbocycles. The molecule has 2 N–H and O–H groups in total. The van der Waals surface area contributed by atoms with Crippen LogP contribution in [0.4, 0.5) is 5.69 Å². The van der Waals surface area contributed by atoms with E-state index in [-0.39, 0.29) is 6.04 Å². The second kappa shape index (κ2) is 4.49. The molecule has 2 heterocycles. The Kier molecular flexibility index (Phi) is 2.68. The van der Waals surface area contributed by atoms with Crippen molar-refractivity contribution in [1.82, 2.24) is 15.2 Å². The summed E-state index contributed by atoms with van der Waals surface area (Å²) in [6.07, 6.45) is 5.51. The van der Waals surface area contributed by atoms with Gasteiger partial charge in [-0.05, 0) is 30.7 Å². The Morgan fingerprint density at radius 1 is 1.17 bits per heavy atom. The molecule has 0 amide bonds. The Morgan fingerprint density at radius 3 is 2.94 bits per heavy atom. The lowest BCUT2D eigenvalue weighted by atomic mass is 10.1. The summed E-state index contributed by atoms with van der Waals surface area (Å²) in [5.41, 5.74) is 3.29. The molecule has 1 atom stereocenters. The highest BCUT2D eigenvalue weighted by Gasteiger charge is 2.08. The van der Waals surface area contributed by atoms with Crippen LogP contribution in [0.5, 0.6) is 0 Å². The van der Waals surface area contributed by atoms with Crippen LogP contribution < -0.4 is 5.32 Å². The zero-order valence-corrected chi connectivity index (χ0v) is 10.1. The summed E-state index contributed by atoms with van der Waals surface area (Å²) in [7, 11) is 0. The van der Waals surface area contributed by atoms with Crippen molar-refractivity contribution in [3.8, 4) is 0 Å². The third kappa shape index (κ3) is 1.93. The second-order valence-corrected chi connectivity index (χ2v) is 4.29. The maximum Gasteiger partial charge on any atom is 0.0671 e. The molecule has 0 bridgehead atoms. The lowest BCUT2D eigenvalue weighted by Crippen LogP contribution is -2.06. The molecule has 1 unspecified atom stereocenters. The number of nitrogens with zero attached hydrogens (tertiary/aromatic N) is 2. The van der Waals surface area contributed by atoms with E-state index in [1.165, 1.54) is 0 Å². The lowest BCUT2D eigenvalue weighted by Gasteiger charge is -2.15. The lowest BCUT2D eigenvalue weighted by molar-refractivity contribution is 0.877. The minimum Gasteiger partial charge on any atom is -0.378 e. The molecule has 4 nitrogen and oxygen atoms in total. The number of aromatic nitrogens is 3. The molecule has 4 heteroatoms. The van der Waals surface area contributed by atoms with E-state index in [4.69, 9.17) is 0 Å². The predicted molar refractivity (Wildman–Crippen MR) is 72.4 cm³/mol. The predicted octanol–water partition coefficient (Wildman–Crippen LogP) is 3.13. The van der Waals surface area contributed by atoms with Gasteiger partial charge in [0.15, 0.2) is 0 Å². The van der Waals surface area contributed by atoms with E-state index < -0.39 is 0 Å². The second-order valence-electron chi connectivity index (χ2n) is 4.29. The summed E-state index contributed by atoms with van der Waals surface area (Å²) < 4.78 is 0. The number of hydrogen-bond acceptors (Lipinski definition) is 3. The van der Waals surface area contributed by atoms with Crippen LogP contribution in [0.2, 0.25) is 0 Å². The molecule has 0 radical (unpaired) electrons. The molecule has 3 aromatic rings. The summed E-state index contributed by atoms with van der Waals surface area (Å²) >= 11 is 0. The van der Waals surface area contributed by atoms with E-state index in [1.54, 1.807) is 6.20 Å². The van der Waals surface area contributed by atoms with Crippen molar-refractivity contribution in [2.75, 3.05) is 5.32 Å². The van der Waals surface area contributed by atoms with Gasteiger partial charge in [-0.3, -0.25) is 10.1 Å². The fourth-order valence-corrected chi connectivity index (χ4v) is 2.04. The largest absolute Gasteiger partial charge is 0.378 e. The van der Waals surface area contributed by atoms with Gasteiger partial charge >= 0.3 is 0 Å². The maximum atomic E-state index is 4.14. The molecular formula is C14H14N4. The summed E-state index contributed by atoms with van der Waals surface area (Å²) in [6.45, 7) is 2.12. The number of anilines is 1. The average molecular weight is 238 g/mol. The standard InChI is InChI=1S/C14H14N4/c1-10(11-4-3-7-15-8-11)17-13-5-2-6-14-12(13)9-16-18-14/h2-10,17H,1H3,(H,16,18). The highest BCUT2D eigenvalue weighted by molar-refractivity contribution is 5.90. The van der Waals surface area contributed by atoms with Crippen molar-refractivity contribution in [2.45, 2.75) is 13.0 Å². The molecule has 0 fully saturated rings. The van der Waals surface area contributed by atoms with Crippen molar-refractivity contribution in [3.05, 3.63) is 54.5 Å². The monoisotopic (exact) mass is 238 g/mol. The van der Waals surface area contributed by atoms with E-state index >= 15 is 0 Å². The van der Waals surface area contributed by atoms with E-state index in [0.29, 0.717) is 0 Å². The number of fused-ring (bicyclic) bond motifs is 1. The van der Waals surface area contributed by atoms with Crippen molar-refractivity contribution in [3.63, 3.8) is 0 Å².